The Morgan fingerprint density at radius 2 is 1.68 bits per heavy atom. The number of rotatable bonds is 8. The summed E-state index contributed by atoms with van der Waals surface area (Å²) < 4.78 is 10.7. The Morgan fingerprint density at radius 3 is 2.44 bits per heavy atom. The maximum Gasteiger partial charge on any atom is 0.320 e. The number of hydrogen-bond donors (Lipinski definition) is 3. The molecule has 1 aliphatic carbocycles. The number of likely N-dealkylation sites (tertiary alicyclic amines) is 1. The predicted octanol–water partition coefficient (Wildman–Crippen LogP) is 6.59. The van der Waals surface area contributed by atoms with Gasteiger partial charge >= 0.3 is 6.03 Å². The van der Waals surface area contributed by atoms with Gasteiger partial charge in [-0.15, -0.1) is 10.2 Å². The van der Waals surface area contributed by atoms with E-state index in [1.807, 2.05) is 41.2 Å². The molecular weight excluding hydrogens is 721 g/mol. The summed E-state index contributed by atoms with van der Waals surface area (Å²) in [4.78, 5) is 29.4. The molecule has 0 bridgehead atoms. The Balaban J connectivity index is 0.00000160. The zero-order valence-corrected chi connectivity index (χ0v) is 33.8. The number of fused-ring (bicyclic) bond motifs is 2. The number of likely N-dealkylation sites (N-methyl/N-ethyl adjacent to an activating group) is 1. The van der Waals surface area contributed by atoms with Crippen LogP contribution < -0.4 is 15.4 Å². The first-order chi connectivity index (χ1) is 27.5. The first kappa shape index (κ1) is 39.9. The van der Waals surface area contributed by atoms with Crippen molar-refractivity contribution in [1.29, 1.82) is 0 Å². The predicted molar refractivity (Wildman–Crippen MR) is 220 cm³/mol. The van der Waals surface area contributed by atoms with Crippen LogP contribution in [0.3, 0.4) is 0 Å². The van der Waals surface area contributed by atoms with Crippen LogP contribution in [0.25, 0.3) is 11.3 Å². The van der Waals surface area contributed by atoms with Gasteiger partial charge in [-0.1, -0.05) is 63.6 Å². The molecule has 3 aliphatic rings. The van der Waals surface area contributed by atoms with Crippen LogP contribution in [0.5, 0.6) is 5.75 Å². The quantitative estimate of drug-likeness (QED) is 0.148. The van der Waals surface area contributed by atoms with Gasteiger partial charge in [-0.3, -0.25) is 24.3 Å². The highest BCUT2D eigenvalue weighted by molar-refractivity contribution is 5.89. The molecule has 3 atom stereocenters. The van der Waals surface area contributed by atoms with E-state index in [1.165, 1.54) is 18.4 Å². The van der Waals surface area contributed by atoms with Crippen LogP contribution in [-0.4, -0.2) is 104 Å². The molecule has 5 heterocycles. The van der Waals surface area contributed by atoms with E-state index in [9.17, 15) is 4.79 Å². The minimum absolute atomic E-state index is 0.147. The molecule has 0 unspecified atom stereocenters. The number of nitrogens with one attached hydrogen (secondary N) is 2. The number of nitrogens with zero attached hydrogens (tertiary/aromatic N) is 8. The lowest BCUT2D eigenvalue weighted by Crippen LogP contribution is -2.43. The van der Waals surface area contributed by atoms with Crippen molar-refractivity contribution >= 4 is 24.0 Å². The summed E-state index contributed by atoms with van der Waals surface area (Å²) in [5.74, 6) is 2.38. The fourth-order valence-electron chi connectivity index (χ4n) is 8.17. The molecular formula is C43H56N10O4. The van der Waals surface area contributed by atoms with Gasteiger partial charge in [0.1, 0.15) is 17.7 Å². The Hall–Kier alpha value is -5.31. The van der Waals surface area contributed by atoms with E-state index in [-0.39, 0.29) is 36.1 Å². The van der Waals surface area contributed by atoms with Crippen LogP contribution in [0, 0.1) is 0 Å². The monoisotopic (exact) mass is 776 g/mol. The lowest BCUT2D eigenvalue weighted by atomic mass is 9.85. The molecule has 0 saturated carbocycles. The average molecular weight is 777 g/mol. The van der Waals surface area contributed by atoms with Gasteiger partial charge in [0.2, 0.25) is 0 Å². The van der Waals surface area contributed by atoms with Gasteiger partial charge in [0.15, 0.2) is 11.5 Å². The van der Waals surface area contributed by atoms with Crippen molar-refractivity contribution in [2.45, 2.75) is 83.0 Å². The van der Waals surface area contributed by atoms with E-state index >= 15 is 0 Å². The Morgan fingerprint density at radius 1 is 0.912 bits per heavy atom. The van der Waals surface area contributed by atoms with Gasteiger partial charge in [0.25, 0.3) is 6.47 Å². The van der Waals surface area contributed by atoms with Crippen LogP contribution in [0.1, 0.15) is 99.3 Å². The van der Waals surface area contributed by atoms with Crippen molar-refractivity contribution in [3.63, 3.8) is 0 Å². The number of urea groups is 1. The number of amides is 2. The minimum atomic E-state index is -0.261. The van der Waals surface area contributed by atoms with E-state index in [0.717, 1.165) is 98.3 Å². The Bertz CT molecular complexity index is 2150. The summed E-state index contributed by atoms with van der Waals surface area (Å²) in [6.07, 6.45) is 6.86. The number of carbonyl (C=O) groups is 2. The van der Waals surface area contributed by atoms with Gasteiger partial charge in [-0.2, -0.15) is 5.10 Å². The fourth-order valence-corrected chi connectivity index (χ4v) is 8.17. The number of piperidine rings is 1. The van der Waals surface area contributed by atoms with E-state index < -0.39 is 0 Å². The molecule has 302 valence electrons. The zero-order valence-electron chi connectivity index (χ0n) is 33.8. The number of aromatic nitrogens is 5. The summed E-state index contributed by atoms with van der Waals surface area (Å²) in [7, 11) is 4.35. The normalized spacial score (nSPS) is 20.6. The first-order valence-corrected chi connectivity index (χ1v) is 20.1. The highest BCUT2D eigenvalue weighted by atomic mass is 16.5. The third kappa shape index (κ3) is 9.30. The molecule has 14 heteroatoms. The fraction of sp³-hybridized carbons (Fsp3) is 0.465. The standard InChI is InChI=1S/C42H54N10O2.CH2O2/c1-42(2,3)37-26-39(52(47-37)30-12-10-11-29(25-30)27-50-23-21-48(4)22-24-50)44-41(53)43-34-17-18-36(33-14-7-6-13-32(33)34)54-31-16-19-38-45-46-40(51(38)28-31)35-15-8-9-20-49(35)5;2-1-3/h6-7,10-14,16,19,25-26,28,34-36H,8-9,15,17-18,20-24,27H2,1-5H3,(H2,43,44,53);1H,(H,2,3)/t34-,35-,36+;/m0./s1. The highest BCUT2D eigenvalue weighted by Gasteiger charge is 2.31. The van der Waals surface area contributed by atoms with E-state index in [2.05, 4.69) is 111 Å². The molecule has 14 nitrogen and oxygen atoms in total. The molecule has 5 aromatic rings. The molecule has 2 aliphatic heterocycles. The smallest absolute Gasteiger partial charge is 0.320 e. The van der Waals surface area contributed by atoms with Crippen molar-refractivity contribution in [3.8, 4) is 11.4 Å². The van der Waals surface area contributed by atoms with Crippen LogP contribution in [0.4, 0.5) is 10.6 Å². The van der Waals surface area contributed by atoms with Crippen molar-refractivity contribution in [2.75, 3.05) is 52.1 Å². The second-order valence-corrected chi connectivity index (χ2v) is 16.5. The summed E-state index contributed by atoms with van der Waals surface area (Å²) >= 11 is 0. The van der Waals surface area contributed by atoms with Crippen LogP contribution in [-0.2, 0) is 16.8 Å². The Kier molecular flexibility index (Phi) is 12.2. The van der Waals surface area contributed by atoms with E-state index in [4.69, 9.17) is 19.7 Å². The molecule has 57 heavy (non-hydrogen) atoms. The summed E-state index contributed by atoms with van der Waals surface area (Å²) in [6, 6.07) is 22.6. The molecule has 2 aromatic carbocycles. The molecule has 2 fully saturated rings. The average Bonchev–Trinajstić information content (AvgIpc) is 3.82. The second kappa shape index (κ2) is 17.5. The van der Waals surface area contributed by atoms with Crippen molar-refractivity contribution in [2.24, 2.45) is 0 Å². The first-order valence-electron chi connectivity index (χ1n) is 20.1. The largest absolute Gasteiger partial charge is 0.484 e. The minimum Gasteiger partial charge on any atom is -0.484 e. The van der Waals surface area contributed by atoms with Crippen LogP contribution in [0.2, 0.25) is 0 Å². The van der Waals surface area contributed by atoms with Gasteiger partial charge in [-0.25, -0.2) is 9.48 Å². The van der Waals surface area contributed by atoms with Crippen LogP contribution in [0.15, 0.2) is 72.9 Å². The van der Waals surface area contributed by atoms with Crippen molar-refractivity contribution < 1.29 is 19.4 Å². The number of ether oxygens (including phenoxy) is 1. The lowest BCUT2D eigenvalue weighted by molar-refractivity contribution is -0.122. The number of carboxylic acid groups (broad SMARTS) is 1. The molecule has 8 rings (SSSR count). The Labute approximate surface area is 334 Å². The molecule has 0 spiro atoms. The molecule has 3 N–H and O–H groups in total. The summed E-state index contributed by atoms with van der Waals surface area (Å²) in [5.41, 5.74) is 5.85. The van der Waals surface area contributed by atoms with E-state index in [1.54, 1.807) is 0 Å². The van der Waals surface area contributed by atoms with Gasteiger partial charge in [0.05, 0.1) is 29.7 Å². The summed E-state index contributed by atoms with van der Waals surface area (Å²) in [5, 5.41) is 27.4. The lowest BCUT2D eigenvalue weighted by Gasteiger charge is -2.32. The van der Waals surface area contributed by atoms with E-state index in [0.29, 0.717) is 5.82 Å². The van der Waals surface area contributed by atoms with Crippen molar-refractivity contribution in [1.82, 2.24) is 44.4 Å². The third-order valence-electron chi connectivity index (χ3n) is 11.4. The molecule has 3 aromatic heterocycles. The summed E-state index contributed by atoms with van der Waals surface area (Å²) in [6.45, 7) is 12.4. The zero-order chi connectivity index (χ0) is 40.1. The number of benzene rings is 2. The number of hydrogen-bond acceptors (Lipinski definition) is 9. The molecule has 2 saturated heterocycles. The second-order valence-electron chi connectivity index (χ2n) is 16.5. The van der Waals surface area contributed by atoms with Crippen molar-refractivity contribution in [3.05, 3.63) is 101 Å². The number of piperazine rings is 1. The maximum absolute atomic E-state index is 13.8. The topological polar surface area (TPSA) is 145 Å². The third-order valence-corrected chi connectivity index (χ3v) is 11.4. The van der Waals surface area contributed by atoms with Gasteiger partial charge in [0, 0.05) is 44.2 Å². The van der Waals surface area contributed by atoms with Crippen LogP contribution >= 0.6 is 0 Å². The molecule has 0 radical (unpaired) electrons. The maximum atomic E-state index is 13.8. The van der Waals surface area contributed by atoms with Gasteiger partial charge < -0.3 is 20.1 Å². The number of carbonyl (C=O) groups excluding carboxylic acids is 1. The SMILES string of the molecule is CN1CCN(Cc2cccc(-n3nc(C(C)(C)C)cc3NC(=O)N[C@H]3CC[C@@H](Oc4ccc5nnc([C@@H]6CCCCN6C)n5c4)c4ccccc43)c2)CC1.O=CO. The van der Waals surface area contributed by atoms with Gasteiger partial charge in [-0.05, 0) is 87.3 Å². The number of pyridine rings is 1. The number of anilines is 1. The molecule has 2 amide bonds. The highest BCUT2D eigenvalue weighted by Crippen LogP contribution is 2.39.